The molecule has 0 aliphatic heterocycles. The molecule has 0 aliphatic rings. The third-order valence-electron chi connectivity index (χ3n) is 4.38. The van der Waals surface area contributed by atoms with Gasteiger partial charge in [0.25, 0.3) is 0 Å². The van der Waals surface area contributed by atoms with E-state index in [1.54, 1.807) is 0 Å². The second-order valence-corrected chi connectivity index (χ2v) is 6.41. The topological polar surface area (TPSA) is 26.5 Å². The number of aliphatic imine (C=N–C) groups is 1. The van der Waals surface area contributed by atoms with Crippen molar-refractivity contribution >= 4 is 23.3 Å². The summed E-state index contributed by atoms with van der Waals surface area (Å²) in [4.78, 5) is 4.74. The molecule has 25 heavy (non-hydrogen) atoms. The summed E-state index contributed by atoms with van der Waals surface area (Å²) in [5.41, 5.74) is 8.76. The fraction of sp³-hybridized carbons (Fsp3) is 0.174. The van der Waals surface area contributed by atoms with Gasteiger partial charge < -0.3 is 5.32 Å². The Bertz CT molecular complexity index is 883. The zero-order valence-corrected chi connectivity index (χ0v) is 15.2. The number of nitrogens with zero attached hydrogens (tertiary/aromatic N) is 2. The van der Waals surface area contributed by atoms with Crippen LogP contribution in [0.5, 0.6) is 0 Å². The molecule has 126 valence electrons. The van der Waals surface area contributed by atoms with Crippen molar-refractivity contribution in [1.29, 1.82) is 0 Å². The van der Waals surface area contributed by atoms with Crippen molar-refractivity contribution in [3.8, 4) is 0 Å². The number of para-hydroxylation sites is 3. The molecule has 0 bridgehead atoms. The van der Waals surface area contributed by atoms with Crippen LogP contribution in [0.25, 0.3) is 5.32 Å². The summed E-state index contributed by atoms with van der Waals surface area (Å²) in [6.45, 7) is 8.37. The van der Waals surface area contributed by atoms with Gasteiger partial charge in [0, 0.05) is 6.21 Å². The average Bonchev–Trinajstić information content (AvgIpc) is 2.59. The van der Waals surface area contributed by atoms with Crippen LogP contribution in [-0.2, 0) is 0 Å². The molecule has 3 rings (SSSR count). The Balaban J connectivity index is 1.96. The van der Waals surface area contributed by atoms with Crippen molar-refractivity contribution in [2.75, 3.05) is 0 Å². The highest BCUT2D eigenvalue weighted by Gasteiger charge is 2.00. The van der Waals surface area contributed by atoms with Crippen LogP contribution in [0.3, 0.4) is 0 Å². The van der Waals surface area contributed by atoms with Gasteiger partial charge in [0.1, 0.15) is 0 Å². The first-order valence-electron chi connectivity index (χ1n) is 8.53. The number of hydrogen-bond donors (Lipinski definition) is 0. The van der Waals surface area contributed by atoms with E-state index >= 15 is 0 Å². The first kappa shape index (κ1) is 17.0. The van der Waals surface area contributed by atoms with Crippen molar-refractivity contribution in [2.45, 2.75) is 27.7 Å². The minimum absolute atomic E-state index is 0.940. The van der Waals surface area contributed by atoms with E-state index in [9.17, 15) is 0 Å². The SMILES string of the molecule is Cc1cccc(C)c1N=Cc1ccccc1[N-]c1c(C)cccc1C. The first-order chi connectivity index (χ1) is 12.1. The van der Waals surface area contributed by atoms with Crippen LogP contribution in [0.2, 0.25) is 0 Å². The van der Waals surface area contributed by atoms with Crippen molar-refractivity contribution < 1.29 is 0 Å². The van der Waals surface area contributed by atoms with E-state index < -0.39 is 0 Å². The van der Waals surface area contributed by atoms with Gasteiger partial charge in [0.2, 0.25) is 0 Å². The third-order valence-corrected chi connectivity index (χ3v) is 4.38. The van der Waals surface area contributed by atoms with Crippen LogP contribution in [0, 0.1) is 27.7 Å². The molecule has 0 fully saturated rings. The average molecular weight is 327 g/mol. The Morgan fingerprint density at radius 1 is 0.680 bits per heavy atom. The zero-order chi connectivity index (χ0) is 17.8. The molecule has 0 spiro atoms. The predicted molar refractivity (Wildman–Crippen MR) is 108 cm³/mol. The van der Waals surface area contributed by atoms with Crippen molar-refractivity contribution in [3.05, 3.63) is 93.8 Å². The lowest BCUT2D eigenvalue weighted by molar-refractivity contribution is 1.33. The molecule has 0 aliphatic carbocycles. The number of aryl methyl sites for hydroxylation is 4. The van der Waals surface area contributed by atoms with Crippen LogP contribution >= 0.6 is 0 Å². The van der Waals surface area contributed by atoms with Gasteiger partial charge in [-0.25, -0.2) is 0 Å². The quantitative estimate of drug-likeness (QED) is 0.461. The summed E-state index contributed by atoms with van der Waals surface area (Å²) in [6, 6.07) is 20.6. The molecule has 0 saturated carbocycles. The monoisotopic (exact) mass is 327 g/mol. The predicted octanol–water partition coefficient (Wildman–Crippen LogP) is 7.01. The van der Waals surface area contributed by atoms with Crippen molar-refractivity contribution in [1.82, 2.24) is 0 Å². The zero-order valence-electron chi connectivity index (χ0n) is 15.2. The summed E-state index contributed by atoms with van der Waals surface area (Å²) in [5, 5.41) is 4.91. The molecule has 0 unspecified atom stereocenters. The molecule has 0 amide bonds. The number of hydrogen-bond acceptors (Lipinski definition) is 1. The van der Waals surface area contributed by atoms with Gasteiger partial charge in [0.05, 0.1) is 5.69 Å². The second kappa shape index (κ2) is 7.35. The summed E-state index contributed by atoms with van der Waals surface area (Å²) >= 11 is 0. The maximum atomic E-state index is 4.91. The molecule has 2 heteroatoms. The van der Waals surface area contributed by atoms with Crippen LogP contribution in [0.4, 0.5) is 17.1 Å². The Hall–Kier alpha value is -2.87. The van der Waals surface area contributed by atoms with Gasteiger partial charge in [0.15, 0.2) is 0 Å². The summed E-state index contributed by atoms with van der Waals surface area (Å²) in [5.74, 6) is 0. The van der Waals surface area contributed by atoms with Gasteiger partial charge in [-0.1, -0.05) is 71.8 Å². The largest absolute Gasteiger partial charge is 0.657 e. The number of benzene rings is 3. The Labute approximate surface area is 150 Å². The standard InChI is InChI=1S/C23H23N2/c1-16-9-7-10-17(2)22(16)24-15-20-13-5-6-14-21(20)25-23-18(3)11-8-12-19(23)4/h5-15H,1-4H3/q-1. The fourth-order valence-electron chi connectivity index (χ4n) is 2.94. The number of rotatable bonds is 4. The van der Waals surface area contributed by atoms with Crippen LogP contribution in [0.1, 0.15) is 27.8 Å². The molecular formula is C23H23N2-. The van der Waals surface area contributed by atoms with Gasteiger partial charge in [-0.3, -0.25) is 4.99 Å². The minimum atomic E-state index is 0.940. The van der Waals surface area contributed by atoms with Gasteiger partial charge >= 0.3 is 0 Å². The Morgan fingerprint density at radius 2 is 1.24 bits per heavy atom. The highest BCUT2D eigenvalue weighted by atomic mass is 14.9. The van der Waals surface area contributed by atoms with Gasteiger partial charge in [-0.15, -0.1) is 11.4 Å². The third kappa shape index (κ3) is 3.80. The van der Waals surface area contributed by atoms with E-state index in [0.29, 0.717) is 0 Å². The lowest BCUT2D eigenvalue weighted by atomic mass is 10.1. The van der Waals surface area contributed by atoms with Gasteiger partial charge in [-0.2, -0.15) is 0 Å². The molecule has 0 atom stereocenters. The van der Waals surface area contributed by atoms with E-state index in [2.05, 4.69) is 70.2 Å². The molecule has 0 saturated heterocycles. The fourth-order valence-corrected chi connectivity index (χ4v) is 2.94. The Morgan fingerprint density at radius 3 is 1.88 bits per heavy atom. The maximum Gasteiger partial charge on any atom is 0.0688 e. The normalized spacial score (nSPS) is 11.0. The molecule has 0 aromatic heterocycles. The Kier molecular flexibility index (Phi) is 4.99. The van der Waals surface area contributed by atoms with Crippen molar-refractivity contribution in [3.63, 3.8) is 0 Å². The second-order valence-electron chi connectivity index (χ2n) is 6.41. The molecule has 3 aromatic carbocycles. The van der Waals surface area contributed by atoms with E-state index in [0.717, 1.165) is 22.6 Å². The van der Waals surface area contributed by atoms with Crippen LogP contribution in [-0.4, -0.2) is 6.21 Å². The molecule has 3 aromatic rings. The molecule has 0 heterocycles. The molecule has 2 nitrogen and oxygen atoms in total. The van der Waals surface area contributed by atoms with E-state index in [4.69, 9.17) is 10.3 Å². The maximum absolute atomic E-state index is 4.91. The molecule has 0 radical (unpaired) electrons. The van der Waals surface area contributed by atoms with Crippen molar-refractivity contribution in [2.24, 2.45) is 4.99 Å². The smallest absolute Gasteiger partial charge is 0.0688 e. The highest BCUT2D eigenvalue weighted by molar-refractivity contribution is 5.93. The van der Waals surface area contributed by atoms with Gasteiger partial charge in [-0.05, 0) is 44.4 Å². The summed E-state index contributed by atoms with van der Waals surface area (Å²) < 4.78 is 0. The minimum Gasteiger partial charge on any atom is -0.657 e. The molecule has 0 N–H and O–H groups in total. The van der Waals surface area contributed by atoms with E-state index in [-0.39, 0.29) is 0 Å². The first-order valence-corrected chi connectivity index (χ1v) is 8.53. The van der Waals surface area contributed by atoms with E-state index in [1.165, 1.54) is 22.3 Å². The lowest BCUT2D eigenvalue weighted by Gasteiger charge is -2.28. The summed E-state index contributed by atoms with van der Waals surface area (Å²) in [6.07, 6.45) is 1.92. The highest BCUT2D eigenvalue weighted by Crippen LogP contribution is 2.37. The molecular weight excluding hydrogens is 304 g/mol. The van der Waals surface area contributed by atoms with E-state index in [1.807, 2.05) is 24.4 Å². The summed E-state index contributed by atoms with van der Waals surface area (Å²) in [7, 11) is 0. The lowest BCUT2D eigenvalue weighted by Crippen LogP contribution is -1.87. The van der Waals surface area contributed by atoms with Crippen LogP contribution < -0.4 is 0 Å². The van der Waals surface area contributed by atoms with Crippen LogP contribution in [0.15, 0.2) is 65.7 Å².